The van der Waals surface area contributed by atoms with Gasteiger partial charge in [0.15, 0.2) is 17.3 Å². The first-order chi connectivity index (χ1) is 9.02. The number of fused-ring (bicyclic) bond motifs is 1. The third kappa shape index (κ3) is 2.97. The van der Waals surface area contributed by atoms with Gasteiger partial charge >= 0.3 is 5.97 Å². The van der Waals surface area contributed by atoms with Gasteiger partial charge in [-0.2, -0.15) is 0 Å². The molecular formula is C14H15BrO4. The number of hydrogen-bond donors (Lipinski definition) is 0. The van der Waals surface area contributed by atoms with E-state index in [9.17, 15) is 9.59 Å². The van der Waals surface area contributed by atoms with Gasteiger partial charge in [0.1, 0.15) is 0 Å². The van der Waals surface area contributed by atoms with Gasteiger partial charge in [0.25, 0.3) is 0 Å². The molecule has 0 heterocycles. The Hall–Kier alpha value is -1.36. The monoisotopic (exact) mass is 326 g/mol. The minimum Gasteiger partial charge on any atom is -0.493 e. The van der Waals surface area contributed by atoms with Gasteiger partial charge in [-0.25, -0.2) is 0 Å². The van der Waals surface area contributed by atoms with Crippen molar-refractivity contribution in [1.82, 2.24) is 0 Å². The van der Waals surface area contributed by atoms with E-state index in [-0.39, 0.29) is 10.6 Å². The highest BCUT2D eigenvalue weighted by molar-refractivity contribution is 9.10. The van der Waals surface area contributed by atoms with Crippen molar-refractivity contribution in [3.63, 3.8) is 0 Å². The van der Waals surface area contributed by atoms with Crippen molar-refractivity contribution in [3.05, 3.63) is 23.3 Å². The number of methoxy groups -OCH3 is 1. The van der Waals surface area contributed by atoms with Crippen LogP contribution in [0.4, 0.5) is 0 Å². The number of esters is 1. The van der Waals surface area contributed by atoms with E-state index < -0.39 is 5.97 Å². The molecule has 1 atom stereocenters. The first kappa shape index (κ1) is 14.1. The molecule has 0 N–H and O–H groups in total. The van der Waals surface area contributed by atoms with E-state index in [0.717, 1.165) is 24.8 Å². The average Bonchev–Trinajstić information content (AvgIpc) is 2.49. The van der Waals surface area contributed by atoms with Crippen LogP contribution in [-0.2, 0) is 11.2 Å². The lowest BCUT2D eigenvalue weighted by atomic mass is 10.0. The second kappa shape index (κ2) is 5.74. The van der Waals surface area contributed by atoms with Gasteiger partial charge in [-0.15, -0.1) is 0 Å². The maximum atomic E-state index is 12.2. The minimum atomic E-state index is -0.435. The third-order valence-corrected chi connectivity index (χ3v) is 3.97. The number of hydrogen-bond acceptors (Lipinski definition) is 4. The zero-order valence-electron chi connectivity index (χ0n) is 10.9. The van der Waals surface area contributed by atoms with Crippen LogP contribution in [0.3, 0.4) is 0 Å². The van der Waals surface area contributed by atoms with E-state index in [1.165, 1.54) is 14.0 Å². The zero-order valence-corrected chi connectivity index (χ0v) is 12.5. The van der Waals surface area contributed by atoms with Crippen LogP contribution < -0.4 is 9.47 Å². The second-order valence-corrected chi connectivity index (χ2v) is 5.58. The molecule has 1 aromatic carbocycles. The topological polar surface area (TPSA) is 52.6 Å². The molecule has 0 saturated heterocycles. The molecule has 1 aromatic rings. The Morgan fingerprint density at radius 1 is 1.37 bits per heavy atom. The van der Waals surface area contributed by atoms with Crippen molar-refractivity contribution in [2.24, 2.45) is 0 Å². The fraction of sp³-hybridized carbons (Fsp3) is 0.429. The van der Waals surface area contributed by atoms with Crippen molar-refractivity contribution in [2.45, 2.75) is 31.0 Å². The van der Waals surface area contributed by atoms with Gasteiger partial charge in [0.2, 0.25) is 0 Å². The standard InChI is InChI=1S/C14H15BrO4/c1-8(16)19-13-7-10-9(6-12(13)18-2)4-3-5-11(15)14(10)17/h6-7,11H,3-5H2,1-2H3/t11-/m0/s1. The van der Waals surface area contributed by atoms with Gasteiger partial charge in [0.05, 0.1) is 11.9 Å². The van der Waals surface area contributed by atoms with E-state index in [1.807, 2.05) is 0 Å². The van der Waals surface area contributed by atoms with Crippen molar-refractivity contribution in [2.75, 3.05) is 7.11 Å². The highest BCUT2D eigenvalue weighted by Gasteiger charge is 2.25. The van der Waals surface area contributed by atoms with Crippen LogP contribution in [0.2, 0.25) is 0 Å². The van der Waals surface area contributed by atoms with E-state index in [2.05, 4.69) is 15.9 Å². The fourth-order valence-electron chi connectivity index (χ4n) is 2.20. The summed E-state index contributed by atoms with van der Waals surface area (Å²) in [7, 11) is 1.51. The molecule has 0 aromatic heterocycles. The molecule has 2 rings (SSSR count). The number of halogens is 1. The molecule has 0 spiro atoms. The number of carbonyl (C=O) groups is 2. The van der Waals surface area contributed by atoms with E-state index in [4.69, 9.17) is 9.47 Å². The van der Waals surface area contributed by atoms with Crippen molar-refractivity contribution in [1.29, 1.82) is 0 Å². The molecule has 1 aliphatic carbocycles. The molecule has 0 unspecified atom stereocenters. The SMILES string of the molecule is COc1cc2c(cc1OC(C)=O)C(=O)[C@@H](Br)CCC2. The summed E-state index contributed by atoms with van der Waals surface area (Å²) < 4.78 is 10.3. The maximum Gasteiger partial charge on any atom is 0.308 e. The molecule has 0 fully saturated rings. The first-order valence-electron chi connectivity index (χ1n) is 6.10. The van der Waals surface area contributed by atoms with Crippen molar-refractivity contribution in [3.8, 4) is 11.5 Å². The minimum absolute atomic E-state index is 0.0311. The van der Waals surface area contributed by atoms with Gasteiger partial charge in [-0.3, -0.25) is 9.59 Å². The van der Waals surface area contributed by atoms with Crippen molar-refractivity contribution >= 4 is 27.7 Å². The molecule has 5 heteroatoms. The summed E-state index contributed by atoms with van der Waals surface area (Å²) in [5.41, 5.74) is 1.55. The Morgan fingerprint density at radius 2 is 2.11 bits per heavy atom. The van der Waals surface area contributed by atoms with Crippen molar-refractivity contribution < 1.29 is 19.1 Å². The Balaban J connectivity index is 2.51. The van der Waals surface area contributed by atoms with Crippen LogP contribution in [0.15, 0.2) is 12.1 Å². The van der Waals surface area contributed by atoms with Gasteiger partial charge in [0, 0.05) is 12.5 Å². The van der Waals surface area contributed by atoms with E-state index in [1.54, 1.807) is 12.1 Å². The molecule has 102 valence electrons. The van der Waals surface area contributed by atoms with Gasteiger partial charge in [-0.05, 0) is 37.0 Å². The lowest BCUT2D eigenvalue weighted by Gasteiger charge is -2.13. The number of alkyl halides is 1. The van der Waals surface area contributed by atoms with Gasteiger partial charge < -0.3 is 9.47 Å². The number of aryl methyl sites for hydroxylation is 1. The summed E-state index contributed by atoms with van der Waals surface area (Å²) in [5, 5.41) is 0. The van der Waals surface area contributed by atoms with Crippen LogP contribution in [0, 0.1) is 0 Å². The molecule has 4 nitrogen and oxygen atoms in total. The zero-order chi connectivity index (χ0) is 14.0. The lowest BCUT2D eigenvalue weighted by Crippen LogP contribution is -2.14. The Labute approximate surface area is 120 Å². The maximum absolute atomic E-state index is 12.2. The summed E-state index contributed by atoms with van der Waals surface area (Å²) in [5.74, 6) is 0.372. The normalized spacial score (nSPS) is 18.5. The number of ketones is 1. The number of benzene rings is 1. The second-order valence-electron chi connectivity index (χ2n) is 4.48. The quantitative estimate of drug-likeness (QED) is 0.363. The summed E-state index contributed by atoms with van der Waals surface area (Å²) in [6.45, 7) is 1.32. The molecule has 0 aliphatic heterocycles. The van der Waals surface area contributed by atoms with Crippen LogP contribution in [0.25, 0.3) is 0 Å². The molecule has 0 saturated carbocycles. The van der Waals surface area contributed by atoms with Crippen LogP contribution in [-0.4, -0.2) is 23.7 Å². The van der Waals surface area contributed by atoms with E-state index >= 15 is 0 Å². The Morgan fingerprint density at radius 3 is 2.74 bits per heavy atom. The Kier molecular flexibility index (Phi) is 4.24. The van der Waals surface area contributed by atoms with Crippen LogP contribution in [0.5, 0.6) is 11.5 Å². The largest absolute Gasteiger partial charge is 0.493 e. The lowest BCUT2D eigenvalue weighted by molar-refractivity contribution is -0.132. The Bertz CT molecular complexity index is 524. The first-order valence-corrected chi connectivity index (χ1v) is 7.02. The number of ether oxygens (including phenoxy) is 2. The summed E-state index contributed by atoms with van der Waals surface area (Å²) in [6, 6.07) is 3.40. The van der Waals surface area contributed by atoms with E-state index in [0.29, 0.717) is 17.1 Å². The number of Topliss-reactive ketones (excluding diaryl/α,β-unsaturated/α-hetero) is 1. The predicted octanol–water partition coefficient (Wildman–Crippen LogP) is 2.90. The van der Waals surface area contributed by atoms with Crippen LogP contribution in [0.1, 0.15) is 35.7 Å². The summed E-state index contributed by atoms with van der Waals surface area (Å²) in [6.07, 6.45) is 2.56. The molecule has 1 aliphatic rings. The summed E-state index contributed by atoms with van der Waals surface area (Å²) in [4.78, 5) is 23.2. The molecule has 19 heavy (non-hydrogen) atoms. The average molecular weight is 327 g/mol. The molecule has 0 radical (unpaired) electrons. The molecule has 0 bridgehead atoms. The molecular weight excluding hydrogens is 312 g/mol. The predicted molar refractivity (Wildman–Crippen MR) is 74.3 cm³/mol. The highest BCUT2D eigenvalue weighted by Crippen LogP contribution is 2.35. The van der Waals surface area contributed by atoms with Crippen LogP contribution >= 0.6 is 15.9 Å². The summed E-state index contributed by atoms with van der Waals surface area (Å²) >= 11 is 3.40. The number of carbonyl (C=O) groups excluding carboxylic acids is 2. The number of rotatable bonds is 2. The molecule has 0 amide bonds. The smallest absolute Gasteiger partial charge is 0.308 e. The highest BCUT2D eigenvalue weighted by atomic mass is 79.9. The van der Waals surface area contributed by atoms with Gasteiger partial charge in [-0.1, -0.05) is 15.9 Å². The fourth-order valence-corrected chi connectivity index (χ4v) is 2.77. The third-order valence-electron chi connectivity index (χ3n) is 3.10.